The number of nitrogens with zero attached hydrogens (tertiary/aromatic N) is 1. The predicted molar refractivity (Wildman–Crippen MR) is 98.5 cm³/mol. The number of anilines is 1. The van der Waals surface area contributed by atoms with Gasteiger partial charge in [0, 0.05) is 36.3 Å². The number of nitrogens with one attached hydrogen (secondary N) is 2. The molecule has 0 atom stereocenters. The van der Waals surface area contributed by atoms with Crippen LogP contribution in [0.5, 0.6) is 0 Å². The first-order chi connectivity index (χ1) is 12.1. The quantitative estimate of drug-likeness (QED) is 0.768. The van der Waals surface area contributed by atoms with E-state index in [0.717, 1.165) is 35.3 Å². The largest absolute Gasteiger partial charge is 0.451 e. The van der Waals surface area contributed by atoms with E-state index in [4.69, 9.17) is 4.42 Å². The number of hydrogen-bond acceptors (Lipinski definition) is 4. The number of amides is 1. The van der Waals surface area contributed by atoms with Crippen molar-refractivity contribution < 1.29 is 9.21 Å². The van der Waals surface area contributed by atoms with Gasteiger partial charge in [0.1, 0.15) is 5.58 Å². The molecule has 5 heteroatoms. The third-order valence-corrected chi connectivity index (χ3v) is 4.47. The van der Waals surface area contributed by atoms with Gasteiger partial charge in [0.2, 0.25) is 0 Å². The average Bonchev–Trinajstić information content (AvgIpc) is 3.19. The molecule has 2 aromatic carbocycles. The lowest BCUT2D eigenvalue weighted by molar-refractivity contribution is 0.0996. The number of benzene rings is 2. The number of furan rings is 1. The zero-order chi connectivity index (χ0) is 17.4. The van der Waals surface area contributed by atoms with E-state index >= 15 is 0 Å². The fraction of sp³-hybridized carbons (Fsp3) is 0.250. The number of hydrogen-bond donors (Lipinski definition) is 2. The van der Waals surface area contributed by atoms with Gasteiger partial charge in [-0.05, 0) is 43.4 Å². The first kappa shape index (κ1) is 15.9. The van der Waals surface area contributed by atoms with Gasteiger partial charge in [0.05, 0.1) is 0 Å². The topological polar surface area (TPSA) is 57.5 Å². The van der Waals surface area contributed by atoms with Gasteiger partial charge in [-0.25, -0.2) is 0 Å². The molecule has 0 bridgehead atoms. The second-order valence-corrected chi connectivity index (χ2v) is 6.68. The van der Waals surface area contributed by atoms with E-state index < -0.39 is 0 Å². The molecule has 1 amide bonds. The van der Waals surface area contributed by atoms with Crippen LogP contribution in [0.1, 0.15) is 27.2 Å². The van der Waals surface area contributed by atoms with Crippen LogP contribution in [0, 0.1) is 0 Å². The second-order valence-electron chi connectivity index (χ2n) is 6.68. The summed E-state index contributed by atoms with van der Waals surface area (Å²) in [5, 5.41) is 7.28. The van der Waals surface area contributed by atoms with Crippen LogP contribution in [0.4, 0.5) is 5.69 Å². The van der Waals surface area contributed by atoms with E-state index in [-0.39, 0.29) is 5.91 Å². The molecule has 0 saturated carbocycles. The van der Waals surface area contributed by atoms with Gasteiger partial charge < -0.3 is 20.0 Å². The molecule has 25 heavy (non-hydrogen) atoms. The summed E-state index contributed by atoms with van der Waals surface area (Å²) in [5.74, 6) is 0.174. The highest BCUT2D eigenvalue weighted by Crippen LogP contribution is 2.28. The molecule has 0 aliphatic carbocycles. The first-order valence-corrected chi connectivity index (χ1v) is 8.41. The molecule has 0 unspecified atom stereocenters. The van der Waals surface area contributed by atoms with Crippen LogP contribution < -0.4 is 10.6 Å². The Kier molecular flexibility index (Phi) is 4.03. The Balaban J connectivity index is 1.67. The van der Waals surface area contributed by atoms with Crippen LogP contribution in [0.15, 0.2) is 46.9 Å². The van der Waals surface area contributed by atoms with E-state index in [0.29, 0.717) is 12.3 Å². The van der Waals surface area contributed by atoms with E-state index in [1.54, 1.807) is 0 Å². The summed E-state index contributed by atoms with van der Waals surface area (Å²) < 4.78 is 5.88. The van der Waals surface area contributed by atoms with Crippen molar-refractivity contribution in [3.63, 3.8) is 0 Å². The van der Waals surface area contributed by atoms with Crippen LogP contribution in [-0.4, -0.2) is 24.9 Å². The molecule has 1 aromatic heterocycles. The lowest BCUT2D eigenvalue weighted by atomic mass is 10.1. The Bertz CT molecular complexity index is 943. The lowest BCUT2D eigenvalue weighted by Gasteiger charge is -2.11. The van der Waals surface area contributed by atoms with Gasteiger partial charge in [-0.15, -0.1) is 0 Å². The molecule has 128 valence electrons. The fourth-order valence-corrected chi connectivity index (χ4v) is 3.32. The zero-order valence-electron chi connectivity index (χ0n) is 14.4. The molecule has 0 radical (unpaired) electrons. The van der Waals surface area contributed by atoms with Crippen molar-refractivity contribution in [3.8, 4) is 0 Å². The van der Waals surface area contributed by atoms with Gasteiger partial charge in [0.15, 0.2) is 5.76 Å². The molecular weight excluding hydrogens is 314 g/mol. The number of carbonyl (C=O) groups is 1. The molecule has 2 heterocycles. The Labute approximate surface area is 146 Å². The van der Waals surface area contributed by atoms with Gasteiger partial charge in [-0.3, -0.25) is 4.79 Å². The van der Waals surface area contributed by atoms with Crippen LogP contribution in [0.3, 0.4) is 0 Å². The molecule has 1 aliphatic rings. The summed E-state index contributed by atoms with van der Waals surface area (Å²) in [7, 11) is 3.97. The maximum atomic E-state index is 12.8. The van der Waals surface area contributed by atoms with E-state index in [1.807, 2.05) is 55.4 Å². The average molecular weight is 335 g/mol. The van der Waals surface area contributed by atoms with Crippen LogP contribution in [0.25, 0.3) is 11.0 Å². The SMILES string of the molecule is CN(C)Cc1c(C(=O)Nc2ccc3c(c2)CNC3)oc2ccccc12. The first-order valence-electron chi connectivity index (χ1n) is 8.41. The van der Waals surface area contributed by atoms with Crippen molar-refractivity contribution in [2.45, 2.75) is 19.6 Å². The zero-order valence-corrected chi connectivity index (χ0v) is 14.4. The Morgan fingerprint density at radius 1 is 1.16 bits per heavy atom. The number of fused-ring (bicyclic) bond motifs is 2. The summed E-state index contributed by atoms with van der Waals surface area (Å²) in [6, 6.07) is 13.8. The lowest BCUT2D eigenvalue weighted by Crippen LogP contribution is -2.17. The molecular formula is C20H21N3O2. The highest BCUT2D eigenvalue weighted by molar-refractivity contribution is 6.06. The van der Waals surface area contributed by atoms with Gasteiger partial charge in [-0.1, -0.05) is 24.3 Å². The monoisotopic (exact) mass is 335 g/mol. The highest BCUT2D eigenvalue weighted by atomic mass is 16.3. The normalized spacial score (nSPS) is 13.4. The number of carbonyl (C=O) groups excluding carboxylic acids is 1. The summed E-state index contributed by atoms with van der Waals surface area (Å²) >= 11 is 0. The van der Waals surface area contributed by atoms with Crippen molar-refractivity contribution >= 4 is 22.6 Å². The van der Waals surface area contributed by atoms with E-state index in [2.05, 4.69) is 16.7 Å². The summed E-state index contributed by atoms with van der Waals surface area (Å²) in [6.45, 7) is 2.38. The standard InChI is InChI=1S/C20H21N3O2/c1-23(2)12-17-16-5-3-4-6-18(16)25-19(17)20(24)22-15-8-7-13-10-21-11-14(13)9-15/h3-9,21H,10-12H2,1-2H3,(H,22,24). The third-order valence-electron chi connectivity index (χ3n) is 4.47. The van der Waals surface area contributed by atoms with Crippen molar-refractivity contribution in [1.29, 1.82) is 0 Å². The van der Waals surface area contributed by atoms with Crippen molar-refractivity contribution in [3.05, 3.63) is 64.9 Å². The molecule has 3 aromatic rings. The summed E-state index contributed by atoms with van der Waals surface area (Å²) in [4.78, 5) is 14.9. The minimum absolute atomic E-state index is 0.209. The van der Waals surface area contributed by atoms with Crippen molar-refractivity contribution in [2.75, 3.05) is 19.4 Å². The Morgan fingerprint density at radius 2 is 1.96 bits per heavy atom. The van der Waals surface area contributed by atoms with Crippen LogP contribution in [0.2, 0.25) is 0 Å². The fourth-order valence-electron chi connectivity index (χ4n) is 3.32. The summed E-state index contributed by atoms with van der Waals surface area (Å²) in [5.41, 5.74) is 4.97. The molecule has 0 saturated heterocycles. The molecule has 2 N–H and O–H groups in total. The van der Waals surface area contributed by atoms with Crippen LogP contribution >= 0.6 is 0 Å². The minimum Gasteiger partial charge on any atom is -0.451 e. The van der Waals surface area contributed by atoms with Gasteiger partial charge in [0.25, 0.3) is 5.91 Å². The van der Waals surface area contributed by atoms with Crippen LogP contribution in [-0.2, 0) is 19.6 Å². The molecule has 5 nitrogen and oxygen atoms in total. The number of para-hydroxylation sites is 1. The maximum absolute atomic E-state index is 12.8. The Hall–Kier alpha value is -2.63. The third kappa shape index (κ3) is 3.04. The molecule has 4 rings (SSSR count). The molecule has 1 aliphatic heterocycles. The van der Waals surface area contributed by atoms with E-state index in [9.17, 15) is 4.79 Å². The van der Waals surface area contributed by atoms with Crippen molar-refractivity contribution in [2.24, 2.45) is 0 Å². The molecule has 0 fully saturated rings. The van der Waals surface area contributed by atoms with Crippen molar-refractivity contribution in [1.82, 2.24) is 10.2 Å². The summed E-state index contributed by atoms with van der Waals surface area (Å²) in [6.07, 6.45) is 0. The maximum Gasteiger partial charge on any atom is 0.291 e. The van der Waals surface area contributed by atoms with E-state index in [1.165, 1.54) is 11.1 Å². The number of rotatable bonds is 4. The second kappa shape index (κ2) is 6.35. The predicted octanol–water partition coefficient (Wildman–Crippen LogP) is 3.35. The Morgan fingerprint density at radius 3 is 2.80 bits per heavy atom. The highest BCUT2D eigenvalue weighted by Gasteiger charge is 2.21. The minimum atomic E-state index is -0.209. The van der Waals surface area contributed by atoms with Gasteiger partial charge >= 0.3 is 0 Å². The van der Waals surface area contributed by atoms with Gasteiger partial charge in [-0.2, -0.15) is 0 Å². The molecule has 0 spiro atoms. The smallest absolute Gasteiger partial charge is 0.291 e.